The lowest BCUT2D eigenvalue weighted by Gasteiger charge is -2.00. The molecule has 2 nitrogen and oxygen atoms in total. The van der Waals surface area contributed by atoms with Crippen molar-refractivity contribution in [3.05, 3.63) is 39.7 Å². The molecule has 0 aliphatic rings. The molecular weight excluding hydrogens is 218 g/mol. The fourth-order valence-electron chi connectivity index (χ4n) is 1.69. The van der Waals surface area contributed by atoms with E-state index in [-0.39, 0.29) is 0 Å². The first kappa shape index (κ1) is 11.0. The molecule has 0 spiro atoms. The number of aldehydes is 1. The minimum Gasteiger partial charge on any atom is -0.298 e. The molecule has 16 heavy (non-hydrogen) atoms. The zero-order valence-corrected chi connectivity index (χ0v) is 10.2. The second kappa shape index (κ2) is 4.58. The average Bonchev–Trinajstić information content (AvgIpc) is 2.70. The molecule has 1 aromatic heterocycles. The van der Waals surface area contributed by atoms with Gasteiger partial charge in [0.05, 0.1) is 10.7 Å². The Balaban J connectivity index is 2.52. The van der Waals surface area contributed by atoms with E-state index in [4.69, 9.17) is 0 Å². The van der Waals surface area contributed by atoms with E-state index in [2.05, 4.69) is 11.9 Å². The van der Waals surface area contributed by atoms with Crippen LogP contribution in [0.3, 0.4) is 0 Å². The highest BCUT2D eigenvalue weighted by atomic mass is 32.1. The molecule has 2 rings (SSSR count). The summed E-state index contributed by atoms with van der Waals surface area (Å²) in [5.74, 6) is 0. The van der Waals surface area contributed by atoms with Crippen molar-refractivity contribution in [3.63, 3.8) is 0 Å². The summed E-state index contributed by atoms with van der Waals surface area (Å²) in [4.78, 5) is 16.5. The van der Waals surface area contributed by atoms with Gasteiger partial charge < -0.3 is 0 Å². The lowest BCUT2D eigenvalue weighted by atomic mass is 10.1. The van der Waals surface area contributed by atoms with Gasteiger partial charge in [0.1, 0.15) is 6.29 Å². The first-order valence-corrected chi connectivity index (χ1v) is 6.08. The van der Waals surface area contributed by atoms with Crippen LogP contribution in [0.5, 0.6) is 0 Å². The van der Waals surface area contributed by atoms with E-state index in [1.54, 1.807) is 17.4 Å². The Morgan fingerprint density at radius 1 is 1.44 bits per heavy atom. The second-order valence-corrected chi connectivity index (χ2v) is 4.89. The molecule has 82 valence electrons. The van der Waals surface area contributed by atoms with Crippen LogP contribution < -0.4 is 0 Å². The van der Waals surface area contributed by atoms with Crippen LogP contribution >= 0.6 is 11.3 Å². The van der Waals surface area contributed by atoms with Gasteiger partial charge >= 0.3 is 0 Å². The molecule has 2 aromatic rings. The summed E-state index contributed by atoms with van der Waals surface area (Å²) < 4.78 is 0. The van der Waals surface area contributed by atoms with Crippen LogP contribution in [0, 0.1) is 6.92 Å². The van der Waals surface area contributed by atoms with Gasteiger partial charge in [-0.05, 0) is 19.4 Å². The van der Waals surface area contributed by atoms with Crippen LogP contribution in [-0.2, 0) is 6.42 Å². The number of carbonyl (C=O) groups excluding carboxylic acids is 1. The minimum atomic E-state index is 0.699. The minimum absolute atomic E-state index is 0.699. The molecule has 0 aliphatic heterocycles. The van der Waals surface area contributed by atoms with Crippen molar-refractivity contribution in [2.24, 2.45) is 0 Å². The number of carbonyl (C=O) groups is 1. The van der Waals surface area contributed by atoms with Crippen LogP contribution in [0.25, 0.3) is 11.3 Å². The van der Waals surface area contributed by atoms with E-state index in [0.29, 0.717) is 5.56 Å². The normalized spacial score (nSPS) is 10.4. The summed E-state index contributed by atoms with van der Waals surface area (Å²) >= 11 is 1.72. The number of rotatable bonds is 3. The van der Waals surface area contributed by atoms with Crippen LogP contribution in [0.15, 0.2) is 24.3 Å². The summed E-state index contributed by atoms with van der Waals surface area (Å²) in [6.07, 6.45) is 1.85. The number of thiazole rings is 1. The standard InChI is InChI=1S/C13H13NOS/c1-3-12-13(14-9(2)16-12)11-6-4-5-10(7-11)8-15/h4-8H,3H2,1-2H3. The number of hydrogen-bond acceptors (Lipinski definition) is 3. The van der Waals surface area contributed by atoms with E-state index < -0.39 is 0 Å². The van der Waals surface area contributed by atoms with Crippen LogP contribution in [0.4, 0.5) is 0 Å². The fraction of sp³-hybridized carbons (Fsp3) is 0.231. The third kappa shape index (κ3) is 2.04. The Bertz CT molecular complexity index is 516. The summed E-state index contributed by atoms with van der Waals surface area (Å²) in [6.45, 7) is 4.14. The quantitative estimate of drug-likeness (QED) is 0.757. The highest BCUT2D eigenvalue weighted by molar-refractivity contribution is 7.12. The highest BCUT2D eigenvalue weighted by Gasteiger charge is 2.09. The van der Waals surface area contributed by atoms with Gasteiger partial charge in [0.25, 0.3) is 0 Å². The van der Waals surface area contributed by atoms with Crippen molar-refractivity contribution in [2.45, 2.75) is 20.3 Å². The van der Waals surface area contributed by atoms with Gasteiger partial charge in [-0.3, -0.25) is 4.79 Å². The summed E-state index contributed by atoms with van der Waals surface area (Å²) in [5.41, 5.74) is 2.75. The van der Waals surface area contributed by atoms with Crippen molar-refractivity contribution in [1.29, 1.82) is 0 Å². The Morgan fingerprint density at radius 3 is 2.94 bits per heavy atom. The van der Waals surface area contributed by atoms with E-state index in [1.807, 2.05) is 25.1 Å². The Labute approximate surface area is 99.0 Å². The van der Waals surface area contributed by atoms with Gasteiger partial charge in [-0.1, -0.05) is 25.1 Å². The predicted octanol–water partition coefficient (Wildman–Crippen LogP) is 3.49. The first-order chi connectivity index (χ1) is 7.74. The smallest absolute Gasteiger partial charge is 0.150 e. The van der Waals surface area contributed by atoms with Crippen molar-refractivity contribution in [1.82, 2.24) is 4.98 Å². The lowest BCUT2D eigenvalue weighted by molar-refractivity contribution is 0.112. The molecule has 0 unspecified atom stereocenters. The number of aryl methyl sites for hydroxylation is 2. The van der Waals surface area contributed by atoms with Gasteiger partial charge in [0, 0.05) is 16.0 Å². The predicted molar refractivity (Wildman–Crippen MR) is 67.1 cm³/mol. The first-order valence-electron chi connectivity index (χ1n) is 5.26. The number of benzene rings is 1. The van der Waals surface area contributed by atoms with Crippen LogP contribution in [-0.4, -0.2) is 11.3 Å². The molecule has 0 saturated carbocycles. The van der Waals surface area contributed by atoms with Crippen molar-refractivity contribution < 1.29 is 4.79 Å². The molecule has 0 atom stereocenters. The molecule has 0 N–H and O–H groups in total. The maximum Gasteiger partial charge on any atom is 0.150 e. The molecule has 0 aliphatic carbocycles. The van der Waals surface area contributed by atoms with E-state index in [9.17, 15) is 4.79 Å². The van der Waals surface area contributed by atoms with Gasteiger partial charge in [0.15, 0.2) is 0 Å². The Morgan fingerprint density at radius 2 is 2.25 bits per heavy atom. The van der Waals surface area contributed by atoms with E-state index in [0.717, 1.165) is 29.0 Å². The monoisotopic (exact) mass is 231 g/mol. The van der Waals surface area contributed by atoms with Gasteiger partial charge in [-0.2, -0.15) is 0 Å². The molecule has 1 heterocycles. The SMILES string of the molecule is CCc1sc(C)nc1-c1cccc(C=O)c1. The third-order valence-electron chi connectivity index (χ3n) is 2.42. The number of aromatic nitrogens is 1. The molecule has 0 bridgehead atoms. The van der Waals surface area contributed by atoms with Crippen LogP contribution in [0.1, 0.15) is 27.2 Å². The average molecular weight is 231 g/mol. The molecule has 3 heteroatoms. The van der Waals surface area contributed by atoms with E-state index in [1.165, 1.54) is 4.88 Å². The maximum atomic E-state index is 10.7. The largest absolute Gasteiger partial charge is 0.298 e. The molecule has 0 saturated heterocycles. The van der Waals surface area contributed by atoms with Crippen molar-refractivity contribution >= 4 is 17.6 Å². The molecule has 0 fully saturated rings. The van der Waals surface area contributed by atoms with Crippen molar-refractivity contribution in [2.75, 3.05) is 0 Å². The third-order valence-corrected chi connectivity index (χ3v) is 3.54. The molecule has 0 radical (unpaired) electrons. The van der Waals surface area contributed by atoms with Gasteiger partial charge in [-0.25, -0.2) is 4.98 Å². The van der Waals surface area contributed by atoms with Crippen molar-refractivity contribution in [3.8, 4) is 11.3 Å². The zero-order chi connectivity index (χ0) is 11.5. The number of nitrogens with zero attached hydrogens (tertiary/aromatic N) is 1. The number of hydrogen-bond donors (Lipinski definition) is 0. The zero-order valence-electron chi connectivity index (χ0n) is 9.36. The summed E-state index contributed by atoms with van der Waals surface area (Å²) in [5, 5.41) is 1.07. The molecular formula is C13H13NOS. The molecule has 1 aromatic carbocycles. The summed E-state index contributed by atoms with van der Waals surface area (Å²) in [7, 11) is 0. The second-order valence-electron chi connectivity index (χ2n) is 3.60. The summed E-state index contributed by atoms with van der Waals surface area (Å²) in [6, 6.07) is 7.59. The lowest BCUT2D eigenvalue weighted by Crippen LogP contribution is -1.86. The molecule has 0 amide bonds. The van der Waals surface area contributed by atoms with Gasteiger partial charge in [0.2, 0.25) is 0 Å². The highest BCUT2D eigenvalue weighted by Crippen LogP contribution is 2.28. The Hall–Kier alpha value is -1.48. The van der Waals surface area contributed by atoms with Gasteiger partial charge in [-0.15, -0.1) is 11.3 Å². The van der Waals surface area contributed by atoms with Crippen LogP contribution in [0.2, 0.25) is 0 Å². The Kier molecular flexibility index (Phi) is 3.15. The fourth-order valence-corrected chi connectivity index (χ4v) is 2.59. The maximum absolute atomic E-state index is 10.7. The van der Waals surface area contributed by atoms with E-state index >= 15 is 0 Å². The topological polar surface area (TPSA) is 30.0 Å².